The first-order valence-electron chi connectivity index (χ1n) is 13.7. The van der Waals surface area contributed by atoms with Gasteiger partial charge >= 0.3 is 23.9 Å². The number of aliphatic carboxylic acids is 4. The van der Waals surface area contributed by atoms with Crippen molar-refractivity contribution in [2.24, 2.45) is 5.73 Å². The number of hydrogen-bond donors (Lipinski definition) is 11. The van der Waals surface area contributed by atoms with E-state index < -0.39 is 128 Å². The van der Waals surface area contributed by atoms with Gasteiger partial charge in [0.05, 0.1) is 6.04 Å². The maximum absolute atomic E-state index is 13.2. The molecule has 0 bridgehead atoms. The minimum absolute atomic E-state index is 0.0512. The van der Waals surface area contributed by atoms with Crippen LogP contribution in [0.3, 0.4) is 0 Å². The zero-order chi connectivity index (χ0) is 34.9. The molecule has 0 aliphatic carbocycles. The molecule has 254 valence electrons. The maximum atomic E-state index is 13.2. The Bertz CT molecular complexity index is 1120. The minimum atomic E-state index is -1.70. The third-order valence-electron chi connectivity index (χ3n) is 6.09. The van der Waals surface area contributed by atoms with Crippen molar-refractivity contribution in [1.29, 1.82) is 0 Å². The lowest BCUT2D eigenvalue weighted by Crippen LogP contribution is -2.59. The molecule has 6 atom stereocenters. The van der Waals surface area contributed by atoms with Gasteiger partial charge < -0.3 is 52.7 Å². The summed E-state index contributed by atoms with van der Waals surface area (Å²) < 4.78 is 0. The van der Waals surface area contributed by atoms with Crippen LogP contribution in [0.5, 0.6) is 0 Å². The van der Waals surface area contributed by atoms with Crippen molar-refractivity contribution in [3.05, 3.63) is 0 Å². The number of carboxylic acids is 4. The summed E-state index contributed by atoms with van der Waals surface area (Å²) in [6.45, 7) is 2.80. The van der Waals surface area contributed by atoms with Crippen LogP contribution in [0.15, 0.2) is 0 Å². The largest absolute Gasteiger partial charge is 0.481 e. The van der Waals surface area contributed by atoms with Gasteiger partial charge in [-0.15, -0.1) is 0 Å². The fourth-order valence-corrected chi connectivity index (χ4v) is 3.79. The molecule has 0 aliphatic rings. The smallest absolute Gasteiger partial charge is 0.326 e. The minimum Gasteiger partial charge on any atom is -0.481 e. The summed E-state index contributed by atoms with van der Waals surface area (Å²) >= 11 is 3.98. The maximum Gasteiger partial charge on any atom is 0.326 e. The summed E-state index contributed by atoms with van der Waals surface area (Å²) in [5.74, 6) is -10.7. The monoisotopic (exact) mass is 664 g/mol. The summed E-state index contributed by atoms with van der Waals surface area (Å²) in [5, 5.41) is 47.6. The number of carbonyl (C=O) groups excluding carboxylic acids is 5. The molecule has 0 aromatic rings. The number of hydrogen-bond acceptors (Lipinski definition) is 11. The van der Waals surface area contributed by atoms with E-state index in [1.54, 1.807) is 0 Å². The van der Waals surface area contributed by atoms with Gasteiger partial charge in [-0.3, -0.25) is 38.4 Å². The molecule has 0 aromatic heterocycles. The highest BCUT2D eigenvalue weighted by Crippen LogP contribution is 2.07. The van der Waals surface area contributed by atoms with Crippen LogP contribution >= 0.6 is 12.6 Å². The normalized spacial score (nSPS) is 14.7. The summed E-state index contributed by atoms with van der Waals surface area (Å²) in [6.07, 6.45) is -3.57. The number of thiol groups is 1. The summed E-state index contributed by atoms with van der Waals surface area (Å²) in [4.78, 5) is 109. The average molecular weight is 665 g/mol. The molecule has 5 amide bonds. The average Bonchev–Trinajstić information content (AvgIpc) is 2.95. The third kappa shape index (κ3) is 16.3. The van der Waals surface area contributed by atoms with E-state index in [1.165, 1.54) is 13.8 Å². The Labute approximate surface area is 262 Å². The molecule has 0 radical (unpaired) electrons. The molecule has 0 fully saturated rings. The van der Waals surface area contributed by atoms with E-state index in [-0.39, 0.29) is 12.2 Å². The molecular formula is C25H40N6O13S. The molecule has 11 N–H and O–H groups in total. The fraction of sp³-hybridized carbons (Fsp3) is 0.640. The van der Waals surface area contributed by atoms with Gasteiger partial charge in [-0.25, -0.2) is 4.79 Å². The van der Waals surface area contributed by atoms with Crippen molar-refractivity contribution in [3.8, 4) is 0 Å². The van der Waals surface area contributed by atoms with Gasteiger partial charge in [0.25, 0.3) is 0 Å². The van der Waals surface area contributed by atoms with Crippen LogP contribution in [0.4, 0.5) is 0 Å². The van der Waals surface area contributed by atoms with Crippen molar-refractivity contribution in [1.82, 2.24) is 26.6 Å². The third-order valence-corrected chi connectivity index (χ3v) is 6.46. The van der Waals surface area contributed by atoms with Crippen molar-refractivity contribution in [3.63, 3.8) is 0 Å². The lowest BCUT2D eigenvalue weighted by molar-refractivity contribution is -0.143. The quantitative estimate of drug-likeness (QED) is 0.0507. The molecule has 0 spiro atoms. The predicted octanol–water partition coefficient (Wildman–Crippen LogP) is -3.22. The van der Waals surface area contributed by atoms with Gasteiger partial charge in [-0.1, -0.05) is 6.92 Å². The lowest BCUT2D eigenvalue weighted by Gasteiger charge is -2.26. The van der Waals surface area contributed by atoms with E-state index in [9.17, 15) is 48.3 Å². The standard InChI is InChI=1S/C25H40N6O13S/c1-3-12(25(43)44)27-21(39)13(4-7-17(32)33)28-22(40)14(5-8-18(34)35)29-23(41)15(6-9-19(36)37)30-24(42)16(10-45)31-20(38)11(2)26/h11-16,45H,3-10,26H2,1-2H3,(H,27,39)(H,28,40)(H,29,41)(H,30,42)(H,31,38)(H,32,33)(H,34,35)(H,36,37)(H,43,44)/t11-,12-,13-,14-,15-,16-/m0/s1. The Morgan fingerprint density at radius 2 is 0.844 bits per heavy atom. The number of amides is 5. The van der Waals surface area contributed by atoms with E-state index in [4.69, 9.17) is 21.1 Å². The first kappa shape index (κ1) is 40.5. The Hall–Kier alpha value is -4.46. The SMILES string of the molecule is CC[C@H](NC(=O)[C@H](CCC(=O)O)NC(=O)[C@H](CCC(=O)O)NC(=O)[C@H](CCC(=O)O)NC(=O)[C@H](CS)NC(=O)[C@H](C)N)C(=O)O. The van der Waals surface area contributed by atoms with Crippen LogP contribution in [-0.4, -0.2) is 116 Å². The first-order valence-corrected chi connectivity index (χ1v) is 14.3. The molecule has 20 heteroatoms. The molecule has 19 nitrogen and oxygen atoms in total. The summed E-state index contributed by atoms with van der Waals surface area (Å²) in [6, 6.07) is -8.60. The molecule has 0 unspecified atom stereocenters. The van der Waals surface area contributed by atoms with Gasteiger partial charge in [0.2, 0.25) is 29.5 Å². The molecule has 0 aromatic carbocycles. The summed E-state index contributed by atoms with van der Waals surface area (Å²) in [7, 11) is 0. The Kier molecular flexibility index (Phi) is 18.5. The van der Waals surface area contributed by atoms with E-state index in [0.29, 0.717) is 0 Å². The highest BCUT2D eigenvalue weighted by atomic mass is 32.1. The second-order valence-electron chi connectivity index (χ2n) is 9.82. The van der Waals surface area contributed by atoms with Crippen molar-refractivity contribution >= 4 is 66.0 Å². The number of nitrogens with two attached hydrogens (primary N) is 1. The second-order valence-corrected chi connectivity index (χ2v) is 10.2. The van der Waals surface area contributed by atoms with Crippen molar-refractivity contribution in [2.75, 3.05) is 5.75 Å². The van der Waals surface area contributed by atoms with E-state index >= 15 is 0 Å². The van der Waals surface area contributed by atoms with Crippen LogP contribution in [-0.2, 0) is 43.2 Å². The number of carboxylic acid groups (broad SMARTS) is 4. The number of nitrogens with one attached hydrogen (secondary N) is 5. The van der Waals surface area contributed by atoms with Gasteiger partial charge in [0, 0.05) is 25.0 Å². The van der Waals surface area contributed by atoms with E-state index in [0.717, 1.165) is 0 Å². The van der Waals surface area contributed by atoms with Gasteiger partial charge in [-0.05, 0) is 32.6 Å². The number of rotatable bonds is 22. The van der Waals surface area contributed by atoms with Crippen LogP contribution in [0.1, 0.15) is 58.8 Å². The van der Waals surface area contributed by atoms with E-state index in [2.05, 4.69) is 39.2 Å². The van der Waals surface area contributed by atoms with Gasteiger partial charge in [0.15, 0.2) is 0 Å². The molecular weight excluding hydrogens is 624 g/mol. The molecule has 45 heavy (non-hydrogen) atoms. The molecule has 0 heterocycles. The highest BCUT2D eigenvalue weighted by molar-refractivity contribution is 7.80. The molecule has 0 saturated heterocycles. The van der Waals surface area contributed by atoms with Gasteiger partial charge in [-0.2, -0.15) is 12.6 Å². The van der Waals surface area contributed by atoms with Crippen LogP contribution in [0, 0.1) is 0 Å². The van der Waals surface area contributed by atoms with Crippen LogP contribution < -0.4 is 32.3 Å². The first-order chi connectivity index (χ1) is 20.9. The topological polar surface area (TPSA) is 321 Å². The summed E-state index contributed by atoms with van der Waals surface area (Å²) in [5.41, 5.74) is 5.48. The predicted molar refractivity (Wildman–Crippen MR) is 156 cm³/mol. The van der Waals surface area contributed by atoms with Crippen LogP contribution in [0.2, 0.25) is 0 Å². The van der Waals surface area contributed by atoms with Crippen LogP contribution in [0.25, 0.3) is 0 Å². The lowest BCUT2D eigenvalue weighted by atomic mass is 10.0. The highest BCUT2D eigenvalue weighted by Gasteiger charge is 2.33. The Balaban J connectivity index is 6.11. The van der Waals surface area contributed by atoms with Crippen molar-refractivity contribution < 1.29 is 63.6 Å². The zero-order valence-corrected chi connectivity index (χ0v) is 25.5. The molecule has 0 aliphatic heterocycles. The second kappa shape index (κ2) is 20.5. The zero-order valence-electron chi connectivity index (χ0n) is 24.6. The molecule has 0 rings (SSSR count). The van der Waals surface area contributed by atoms with Crippen molar-refractivity contribution in [2.45, 2.75) is 95.0 Å². The fourth-order valence-electron chi connectivity index (χ4n) is 3.53. The Morgan fingerprint density at radius 3 is 1.09 bits per heavy atom. The Morgan fingerprint density at radius 1 is 0.556 bits per heavy atom. The van der Waals surface area contributed by atoms with Gasteiger partial charge in [0.1, 0.15) is 30.2 Å². The van der Waals surface area contributed by atoms with E-state index in [1.807, 2.05) is 0 Å². The molecule has 0 saturated carbocycles. The number of carbonyl (C=O) groups is 9.